The number of amides is 1. The Morgan fingerprint density at radius 2 is 2.08 bits per heavy atom. The predicted molar refractivity (Wildman–Crippen MR) is 134 cm³/mol. The number of rotatable bonds is 6. The molecule has 1 saturated heterocycles. The minimum absolute atomic E-state index is 0.241. The molecule has 12 heteroatoms. The number of fused-ring (bicyclic) bond motifs is 1. The Hall–Kier alpha value is -3.90. The number of nitrogens with one attached hydrogen (secondary N) is 2. The van der Waals surface area contributed by atoms with E-state index < -0.39 is 12.1 Å². The van der Waals surface area contributed by atoms with Crippen molar-refractivity contribution in [2.75, 3.05) is 24.2 Å². The number of anilines is 2. The second-order valence-corrected chi connectivity index (χ2v) is 9.33. The summed E-state index contributed by atoms with van der Waals surface area (Å²) in [5.41, 5.74) is 9.03. The first-order chi connectivity index (χ1) is 17.4. The average Bonchev–Trinajstić information content (AvgIpc) is 3.56. The zero-order chi connectivity index (χ0) is 25.4. The van der Waals surface area contributed by atoms with Crippen LogP contribution in [0.5, 0.6) is 0 Å². The fraction of sp³-hybridized carbons (Fsp3) is 0.292. The number of hydrogen-bond acceptors (Lipinski definition) is 9. The topological polar surface area (TPSA) is 137 Å². The van der Waals surface area contributed by atoms with Crippen LogP contribution in [0.15, 0.2) is 36.7 Å². The highest BCUT2D eigenvalue weighted by Gasteiger charge is 2.30. The van der Waals surface area contributed by atoms with Crippen LogP contribution < -0.4 is 16.4 Å². The maximum atomic E-state index is 13.8. The molecule has 1 aromatic carbocycles. The maximum Gasteiger partial charge on any atom is 0.350 e. The lowest BCUT2D eigenvalue weighted by molar-refractivity contribution is 0.0531. The van der Waals surface area contributed by atoms with E-state index in [1.807, 2.05) is 4.40 Å². The van der Waals surface area contributed by atoms with E-state index in [1.54, 1.807) is 50.5 Å². The Kier molecular flexibility index (Phi) is 6.37. The number of nitrogen functional groups attached to an aromatic ring is 1. The molecule has 0 aliphatic carbocycles. The van der Waals surface area contributed by atoms with Crippen LogP contribution in [-0.2, 0) is 4.74 Å². The van der Waals surface area contributed by atoms with Crippen LogP contribution in [0.4, 0.5) is 15.3 Å². The average molecular weight is 510 g/mol. The summed E-state index contributed by atoms with van der Waals surface area (Å²) >= 11 is 1.06. The second-order valence-electron chi connectivity index (χ2n) is 8.33. The molecular formula is C24H24FN7O3S. The first kappa shape index (κ1) is 23.8. The van der Waals surface area contributed by atoms with E-state index in [-0.39, 0.29) is 25.1 Å². The molecule has 186 valence electrons. The number of aryl methyl sites for hydroxylation is 1. The molecule has 0 saturated carbocycles. The number of alkyl halides is 1. The molecule has 1 fully saturated rings. The highest BCUT2D eigenvalue weighted by molar-refractivity contribution is 7.17. The van der Waals surface area contributed by atoms with Gasteiger partial charge >= 0.3 is 5.97 Å². The SMILES string of the molecule is CCOC(=O)c1sc(NC(=O)c2ccc(-c3nc([C@@H]4C[C@@H](F)CN4)n4ccnc(N)c34)cc2)nc1C. The summed E-state index contributed by atoms with van der Waals surface area (Å²) in [7, 11) is 0. The number of carbonyl (C=O) groups is 2. The number of nitrogens with zero attached hydrogens (tertiary/aromatic N) is 4. The third kappa shape index (κ3) is 4.40. The van der Waals surface area contributed by atoms with Crippen LogP contribution >= 0.6 is 11.3 Å². The fourth-order valence-electron chi connectivity index (χ4n) is 4.21. The number of thiazole rings is 1. The molecule has 4 aromatic rings. The highest BCUT2D eigenvalue weighted by atomic mass is 32.1. The van der Waals surface area contributed by atoms with Gasteiger partial charge in [0.2, 0.25) is 0 Å². The Morgan fingerprint density at radius 1 is 1.31 bits per heavy atom. The number of carbonyl (C=O) groups excluding carboxylic acids is 2. The molecule has 5 rings (SSSR count). The van der Waals surface area contributed by atoms with Gasteiger partial charge in [-0.25, -0.2) is 24.1 Å². The van der Waals surface area contributed by atoms with Crippen molar-refractivity contribution >= 4 is 39.7 Å². The Bertz CT molecular complexity index is 1450. The van der Waals surface area contributed by atoms with Gasteiger partial charge in [0, 0.05) is 36.5 Å². The lowest BCUT2D eigenvalue weighted by Crippen LogP contribution is -2.16. The smallest absolute Gasteiger partial charge is 0.350 e. The zero-order valence-electron chi connectivity index (χ0n) is 19.6. The number of esters is 1. The zero-order valence-corrected chi connectivity index (χ0v) is 20.4. The van der Waals surface area contributed by atoms with Gasteiger partial charge in [-0.05, 0) is 26.0 Å². The van der Waals surface area contributed by atoms with Crippen molar-refractivity contribution in [2.45, 2.75) is 32.5 Å². The third-order valence-electron chi connectivity index (χ3n) is 5.90. The first-order valence-corrected chi connectivity index (χ1v) is 12.2. The van der Waals surface area contributed by atoms with Crippen molar-refractivity contribution in [3.05, 3.63) is 58.6 Å². The predicted octanol–water partition coefficient (Wildman–Crippen LogP) is 3.54. The maximum absolute atomic E-state index is 13.8. The summed E-state index contributed by atoms with van der Waals surface area (Å²) < 4.78 is 20.7. The van der Waals surface area contributed by atoms with Gasteiger partial charge in [-0.1, -0.05) is 23.5 Å². The number of nitrogens with two attached hydrogens (primary N) is 1. The van der Waals surface area contributed by atoms with E-state index in [0.29, 0.717) is 50.5 Å². The number of ether oxygens (including phenoxy) is 1. The van der Waals surface area contributed by atoms with Gasteiger partial charge in [-0.2, -0.15) is 0 Å². The number of hydrogen-bond donors (Lipinski definition) is 3. The summed E-state index contributed by atoms with van der Waals surface area (Å²) in [4.78, 5) is 38.4. The van der Waals surface area contributed by atoms with Crippen LogP contribution in [0.3, 0.4) is 0 Å². The summed E-state index contributed by atoms with van der Waals surface area (Å²) in [6.45, 7) is 3.95. The molecule has 0 radical (unpaired) electrons. The summed E-state index contributed by atoms with van der Waals surface area (Å²) in [5, 5.41) is 6.20. The molecule has 0 spiro atoms. The Morgan fingerprint density at radius 3 is 2.78 bits per heavy atom. The summed E-state index contributed by atoms with van der Waals surface area (Å²) in [5.74, 6) is 0.131. The Balaban J connectivity index is 1.40. The second kappa shape index (κ2) is 9.63. The van der Waals surface area contributed by atoms with Crippen LogP contribution in [-0.4, -0.2) is 50.6 Å². The largest absolute Gasteiger partial charge is 0.462 e. The van der Waals surface area contributed by atoms with Crippen molar-refractivity contribution in [3.63, 3.8) is 0 Å². The third-order valence-corrected chi connectivity index (χ3v) is 6.95. The van der Waals surface area contributed by atoms with Crippen LogP contribution in [0, 0.1) is 6.92 Å². The minimum atomic E-state index is -0.933. The monoisotopic (exact) mass is 509 g/mol. The molecule has 1 amide bonds. The standard InChI is InChI=1S/C24H24FN7O3S/c1-3-35-23(34)19-12(2)29-24(36-19)31-22(33)14-6-4-13(5-7-14)17-18-20(26)27-8-9-32(18)21(30-17)16-10-15(25)11-28-16/h4-9,15-16,28H,3,10-11H2,1-2H3,(H2,26,27)(H,29,31,33)/t15-,16+/m1/s1. The van der Waals surface area contributed by atoms with Crippen molar-refractivity contribution < 1.29 is 18.7 Å². The summed E-state index contributed by atoms with van der Waals surface area (Å²) in [6.07, 6.45) is 2.74. The van der Waals surface area contributed by atoms with Gasteiger partial charge in [0.25, 0.3) is 5.91 Å². The molecule has 0 unspecified atom stereocenters. The summed E-state index contributed by atoms with van der Waals surface area (Å²) in [6, 6.07) is 6.63. The van der Waals surface area contributed by atoms with E-state index in [2.05, 4.69) is 20.6 Å². The lowest BCUT2D eigenvalue weighted by Gasteiger charge is -2.08. The van der Waals surface area contributed by atoms with Crippen LogP contribution in [0.25, 0.3) is 16.8 Å². The quantitative estimate of drug-likeness (QED) is 0.336. The van der Waals surface area contributed by atoms with Gasteiger partial charge in [0.15, 0.2) is 5.13 Å². The van der Waals surface area contributed by atoms with Gasteiger partial charge in [-0.3, -0.25) is 14.5 Å². The van der Waals surface area contributed by atoms with E-state index >= 15 is 0 Å². The first-order valence-electron chi connectivity index (χ1n) is 11.4. The number of benzene rings is 1. The molecule has 2 atom stereocenters. The molecule has 36 heavy (non-hydrogen) atoms. The van der Waals surface area contributed by atoms with Crippen molar-refractivity contribution in [1.82, 2.24) is 24.7 Å². The molecule has 1 aliphatic heterocycles. The molecule has 4 N–H and O–H groups in total. The van der Waals surface area contributed by atoms with E-state index in [9.17, 15) is 14.0 Å². The number of halogens is 1. The number of imidazole rings is 1. The molecule has 3 aromatic heterocycles. The van der Waals surface area contributed by atoms with E-state index in [0.717, 1.165) is 16.9 Å². The highest BCUT2D eigenvalue weighted by Crippen LogP contribution is 2.33. The normalized spacial score (nSPS) is 17.4. The van der Waals surface area contributed by atoms with Crippen molar-refractivity contribution in [2.24, 2.45) is 0 Å². The van der Waals surface area contributed by atoms with Crippen molar-refractivity contribution in [3.8, 4) is 11.3 Å². The van der Waals surface area contributed by atoms with E-state index in [1.165, 1.54) is 0 Å². The van der Waals surface area contributed by atoms with Gasteiger partial charge in [0.1, 0.15) is 33.9 Å². The minimum Gasteiger partial charge on any atom is -0.462 e. The Labute approximate surface area is 209 Å². The van der Waals surface area contributed by atoms with Crippen molar-refractivity contribution in [1.29, 1.82) is 0 Å². The van der Waals surface area contributed by atoms with Gasteiger partial charge < -0.3 is 15.8 Å². The molecular weight excluding hydrogens is 485 g/mol. The van der Waals surface area contributed by atoms with Gasteiger partial charge in [-0.15, -0.1) is 0 Å². The van der Waals surface area contributed by atoms with Crippen LogP contribution in [0.1, 0.15) is 50.9 Å². The molecule has 10 nitrogen and oxygen atoms in total. The van der Waals surface area contributed by atoms with E-state index in [4.69, 9.17) is 15.5 Å². The fourth-order valence-corrected chi connectivity index (χ4v) is 5.06. The van der Waals surface area contributed by atoms with Gasteiger partial charge in [0.05, 0.1) is 18.3 Å². The molecule has 0 bridgehead atoms. The lowest BCUT2D eigenvalue weighted by atomic mass is 10.1. The number of aromatic nitrogens is 4. The van der Waals surface area contributed by atoms with Crippen LogP contribution in [0.2, 0.25) is 0 Å². The molecule has 4 heterocycles. The molecule has 1 aliphatic rings.